The number of esters is 1. The summed E-state index contributed by atoms with van der Waals surface area (Å²) in [5.74, 6) is -0.205. The topological polar surface area (TPSA) is 65.1 Å². The van der Waals surface area contributed by atoms with Gasteiger partial charge < -0.3 is 14.2 Å². The van der Waals surface area contributed by atoms with Gasteiger partial charge in [-0.2, -0.15) is 0 Å². The Morgan fingerprint density at radius 1 is 1.08 bits per heavy atom. The SMILES string of the molecule is CC(C)(C)OC(=O)CCC[C@@H]1CN(C(=O)OC(C)(C)C)C(C)(C)O1. The van der Waals surface area contributed by atoms with Gasteiger partial charge in [0.1, 0.15) is 16.9 Å². The Morgan fingerprint density at radius 3 is 2.12 bits per heavy atom. The maximum atomic E-state index is 12.3. The van der Waals surface area contributed by atoms with Crippen molar-refractivity contribution < 1.29 is 23.8 Å². The molecule has 0 unspecified atom stereocenters. The summed E-state index contributed by atoms with van der Waals surface area (Å²) in [4.78, 5) is 25.7. The Hall–Kier alpha value is -1.30. The number of nitrogens with zero attached hydrogens (tertiary/aromatic N) is 1. The Labute approximate surface area is 145 Å². The minimum atomic E-state index is -0.709. The molecule has 0 bridgehead atoms. The zero-order chi connectivity index (χ0) is 18.8. The number of carbonyl (C=O) groups is 2. The molecule has 1 aliphatic heterocycles. The van der Waals surface area contributed by atoms with E-state index in [-0.39, 0.29) is 18.2 Å². The van der Waals surface area contributed by atoms with E-state index in [0.717, 1.165) is 0 Å². The molecular formula is C18H33NO5. The molecule has 0 N–H and O–H groups in total. The third-order valence-corrected chi connectivity index (χ3v) is 3.43. The Kier molecular flexibility index (Phi) is 6.31. The monoisotopic (exact) mass is 343 g/mol. The van der Waals surface area contributed by atoms with Gasteiger partial charge in [0.25, 0.3) is 0 Å². The van der Waals surface area contributed by atoms with E-state index in [0.29, 0.717) is 25.8 Å². The first-order valence-electron chi connectivity index (χ1n) is 8.60. The summed E-state index contributed by atoms with van der Waals surface area (Å²) in [6.07, 6.45) is 1.24. The lowest BCUT2D eigenvalue weighted by Gasteiger charge is -2.31. The molecule has 0 aromatic rings. The van der Waals surface area contributed by atoms with E-state index in [4.69, 9.17) is 14.2 Å². The van der Waals surface area contributed by atoms with Crippen LogP contribution in [0.3, 0.4) is 0 Å². The van der Waals surface area contributed by atoms with Crippen molar-refractivity contribution in [3.8, 4) is 0 Å². The molecule has 6 heteroatoms. The zero-order valence-corrected chi connectivity index (χ0v) is 16.4. The van der Waals surface area contributed by atoms with Gasteiger partial charge in [-0.3, -0.25) is 9.69 Å². The van der Waals surface area contributed by atoms with Gasteiger partial charge in [-0.25, -0.2) is 4.79 Å². The molecule has 0 radical (unpaired) electrons. The molecule has 1 amide bonds. The van der Waals surface area contributed by atoms with Gasteiger partial charge in [-0.05, 0) is 68.2 Å². The van der Waals surface area contributed by atoms with E-state index in [1.807, 2.05) is 55.4 Å². The van der Waals surface area contributed by atoms with Crippen LogP contribution in [0.1, 0.15) is 74.7 Å². The van der Waals surface area contributed by atoms with Gasteiger partial charge >= 0.3 is 12.1 Å². The maximum absolute atomic E-state index is 12.3. The minimum Gasteiger partial charge on any atom is -0.460 e. The van der Waals surface area contributed by atoms with Crippen LogP contribution in [0.25, 0.3) is 0 Å². The molecule has 0 aromatic heterocycles. The number of ether oxygens (including phenoxy) is 3. The van der Waals surface area contributed by atoms with E-state index >= 15 is 0 Å². The molecule has 0 aromatic carbocycles. The van der Waals surface area contributed by atoms with Crippen LogP contribution in [0, 0.1) is 0 Å². The summed E-state index contributed by atoms with van der Waals surface area (Å²) in [6, 6.07) is 0. The first-order valence-corrected chi connectivity index (χ1v) is 8.60. The second-order valence-corrected chi connectivity index (χ2v) is 8.76. The van der Waals surface area contributed by atoms with Crippen molar-refractivity contribution in [2.75, 3.05) is 6.54 Å². The van der Waals surface area contributed by atoms with Crippen molar-refractivity contribution >= 4 is 12.1 Å². The second-order valence-electron chi connectivity index (χ2n) is 8.76. The number of hydrogen-bond donors (Lipinski definition) is 0. The lowest BCUT2D eigenvalue weighted by Crippen LogP contribution is -2.46. The molecule has 140 valence electrons. The molecule has 6 nitrogen and oxygen atoms in total. The van der Waals surface area contributed by atoms with Crippen LogP contribution in [0.5, 0.6) is 0 Å². The van der Waals surface area contributed by atoms with Gasteiger partial charge in [-0.15, -0.1) is 0 Å². The van der Waals surface area contributed by atoms with Gasteiger partial charge in [0.2, 0.25) is 0 Å². The highest BCUT2D eigenvalue weighted by Crippen LogP contribution is 2.30. The van der Waals surface area contributed by atoms with Crippen LogP contribution in [0.15, 0.2) is 0 Å². The van der Waals surface area contributed by atoms with E-state index in [1.54, 1.807) is 4.90 Å². The molecule has 24 heavy (non-hydrogen) atoms. The van der Waals surface area contributed by atoms with E-state index in [9.17, 15) is 9.59 Å². The van der Waals surface area contributed by atoms with Crippen LogP contribution in [-0.4, -0.2) is 46.5 Å². The van der Waals surface area contributed by atoms with Crippen molar-refractivity contribution in [3.63, 3.8) is 0 Å². The Bertz CT molecular complexity index is 459. The summed E-state index contributed by atoms with van der Waals surface area (Å²) < 4.78 is 16.7. The Balaban J connectivity index is 2.47. The predicted molar refractivity (Wildman–Crippen MR) is 91.6 cm³/mol. The highest BCUT2D eigenvalue weighted by atomic mass is 16.6. The van der Waals surface area contributed by atoms with Crippen molar-refractivity contribution in [1.82, 2.24) is 4.90 Å². The van der Waals surface area contributed by atoms with Gasteiger partial charge in [0.05, 0.1) is 12.6 Å². The minimum absolute atomic E-state index is 0.102. The number of hydrogen-bond acceptors (Lipinski definition) is 5. The van der Waals surface area contributed by atoms with Crippen molar-refractivity contribution in [1.29, 1.82) is 0 Å². The fourth-order valence-corrected chi connectivity index (χ4v) is 2.56. The lowest BCUT2D eigenvalue weighted by atomic mass is 10.1. The molecule has 1 atom stereocenters. The second kappa shape index (κ2) is 7.30. The van der Waals surface area contributed by atoms with Crippen LogP contribution < -0.4 is 0 Å². The highest BCUT2D eigenvalue weighted by Gasteiger charge is 2.43. The third kappa shape index (κ3) is 7.07. The first kappa shape index (κ1) is 20.7. The fourth-order valence-electron chi connectivity index (χ4n) is 2.56. The normalized spacial score (nSPS) is 20.8. The molecule has 1 rings (SSSR count). The van der Waals surface area contributed by atoms with E-state index in [1.165, 1.54) is 0 Å². The van der Waals surface area contributed by atoms with Crippen LogP contribution in [0.4, 0.5) is 4.79 Å². The van der Waals surface area contributed by atoms with Crippen molar-refractivity contribution in [2.45, 2.75) is 97.7 Å². The fraction of sp³-hybridized carbons (Fsp3) is 0.889. The summed E-state index contributed by atoms with van der Waals surface area (Å²) >= 11 is 0. The molecule has 1 fully saturated rings. The van der Waals surface area contributed by atoms with Crippen LogP contribution in [-0.2, 0) is 19.0 Å². The van der Waals surface area contributed by atoms with E-state index < -0.39 is 16.9 Å². The predicted octanol–water partition coefficient (Wildman–Crippen LogP) is 3.87. The molecular weight excluding hydrogens is 310 g/mol. The highest BCUT2D eigenvalue weighted by molar-refractivity contribution is 5.70. The summed E-state index contributed by atoms with van der Waals surface area (Å²) in [7, 11) is 0. The largest absolute Gasteiger partial charge is 0.460 e. The summed E-state index contributed by atoms with van der Waals surface area (Å²) in [5, 5.41) is 0. The number of rotatable bonds is 4. The maximum Gasteiger partial charge on any atom is 0.412 e. The molecule has 1 heterocycles. The number of amides is 1. The van der Waals surface area contributed by atoms with Gasteiger partial charge in [0, 0.05) is 6.42 Å². The molecule has 0 spiro atoms. The van der Waals surface area contributed by atoms with Gasteiger partial charge in [0.15, 0.2) is 0 Å². The summed E-state index contributed by atoms with van der Waals surface area (Å²) in [5.41, 5.74) is -1.71. The lowest BCUT2D eigenvalue weighted by molar-refractivity contribution is -0.155. The quantitative estimate of drug-likeness (QED) is 0.725. The van der Waals surface area contributed by atoms with E-state index in [2.05, 4.69) is 0 Å². The van der Waals surface area contributed by atoms with Crippen LogP contribution in [0.2, 0.25) is 0 Å². The van der Waals surface area contributed by atoms with Crippen LogP contribution >= 0.6 is 0 Å². The first-order chi connectivity index (χ1) is 10.7. The summed E-state index contributed by atoms with van der Waals surface area (Å²) in [6.45, 7) is 15.3. The van der Waals surface area contributed by atoms with Crippen molar-refractivity contribution in [2.24, 2.45) is 0 Å². The molecule has 1 saturated heterocycles. The van der Waals surface area contributed by atoms with Gasteiger partial charge in [-0.1, -0.05) is 0 Å². The molecule has 0 saturated carbocycles. The van der Waals surface area contributed by atoms with Crippen molar-refractivity contribution in [3.05, 3.63) is 0 Å². The smallest absolute Gasteiger partial charge is 0.412 e. The average molecular weight is 343 g/mol. The zero-order valence-electron chi connectivity index (χ0n) is 16.4. The third-order valence-electron chi connectivity index (χ3n) is 3.43. The molecule has 1 aliphatic rings. The Morgan fingerprint density at radius 2 is 1.62 bits per heavy atom. The average Bonchev–Trinajstić information content (AvgIpc) is 2.59. The standard InChI is InChI=1S/C18H33NO5/c1-16(2,3)23-14(20)11-9-10-13-12-19(18(7,8)22-13)15(21)24-17(4,5)6/h13H,9-12H2,1-8H3/t13-/m1/s1. The molecule has 0 aliphatic carbocycles. The number of carbonyl (C=O) groups excluding carboxylic acids is 2.